The molecule has 0 heterocycles. The van der Waals surface area contributed by atoms with Gasteiger partial charge in [0.15, 0.2) is 0 Å². The number of hydrogen-bond donors (Lipinski definition) is 1. The van der Waals surface area contributed by atoms with E-state index in [1.165, 1.54) is 43.3 Å². The SMILES string of the molecule is CC(=C\CO)/C=C1\CCCC(C(C)C)=C1CCC(C)C. The van der Waals surface area contributed by atoms with Gasteiger partial charge >= 0.3 is 0 Å². The zero-order valence-electron chi connectivity index (χ0n) is 14.0. The smallest absolute Gasteiger partial charge is 0.0617 e. The second-order valence-corrected chi connectivity index (χ2v) is 6.74. The van der Waals surface area contributed by atoms with Gasteiger partial charge in [0, 0.05) is 0 Å². The van der Waals surface area contributed by atoms with E-state index in [9.17, 15) is 0 Å². The van der Waals surface area contributed by atoms with Crippen molar-refractivity contribution in [1.29, 1.82) is 0 Å². The molecule has 0 radical (unpaired) electrons. The van der Waals surface area contributed by atoms with E-state index < -0.39 is 0 Å². The van der Waals surface area contributed by atoms with Crippen molar-refractivity contribution in [3.05, 3.63) is 34.4 Å². The van der Waals surface area contributed by atoms with Crippen molar-refractivity contribution in [2.75, 3.05) is 6.61 Å². The van der Waals surface area contributed by atoms with Crippen LogP contribution in [0.2, 0.25) is 0 Å². The fourth-order valence-electron chi connectivity index (χ4n) is 3.01. The molecule has 1 heteroatoms. The molecule has 0 amide bonds. The molecular weight excluding hydrogens is 244 g/mol. The Balaban J connectivity index is 3.07. The molecule has 0 spiro atoms. The monoisotopic (exact) mass is 276 g/mol. The Morgan fingerprint density at radius 3 is 2.45 bits per heavy atom. The maximum atomic E-state index is 9.03. The van der Waals surface area contributed by atoms with E-state index in [-0.39, 0.29) is 6.61 Å². The highest BCUT2D eigenvalue weighted by Gasteiger charge is 2.19. The van der Waals surface area contributed by atoms with Gasteiger partial charge in [0.05, 0.1) is 6.61 Å². The van der Waals surface area contributed by atoms with E-state index in [1.807, 2.05) is 6.08 Å². The first-order valence-electron chi connectivity index (χ1n) is 8.16. The van der Waals surface area contributed by atoms with Gasteiger partial charge in [0.25, 0.3) is 0 Å². The molecule has 114 valence electrons. The minimum Gasteiger partial charge on any atom is -0.392 e. The van der Waals surface area contributed by atoms with Gasteiger partial charge in [0.1, 0.15) is 0 Å². The van der Waals surface area contributed by atoms with Crippen molar-refractivity contribution in [1.82, 2.24) is 0 Å². The van der Waals surface area contributed by atoms with Gasteiger partial charge in [-0.05, 0) is 62.0 Å². The molecule has 0 saturated carbocycles. The van der Waals surface area contributed by atoms with Crippen LogP contribution in [0.1, 0.15) is 66.7 Å². The van der Waals surface area contributed by atoms with Gasteiger partial charge in [-0.25, -0.2) is 0 Å². The van der Waals surface area contributed by atoms with Gasteiger partial charge in [-0.2, -0.15) is 0 Å². The van der Waals surface area contributed by atoms with E-state index in [0.29, 0.717) is 5.92 Å². The van der Waals surface area contributed by atoms with E-state index in [0.717, 1.165) is 5.92 Å². The molecule has 0 unspecified atom stereocenters. The summed E-state index contributed by atoms with van der Waals surface area (Å²) in [6, 6.07) is 0. The van der Waals surface area contributed by atoms with E-state index in [2.05, 4.69) is 40.7 Å². The summed E-state index contributed by atoms with van der Waals surface area (Å²) in [5.41, 5.74) is 5.99. The van der Waals surface area contributed by atoms with E-state index in [4.69, 9.17) is 5.11 Å². The van der Waals surface area contributed by atoms with Crippen LogP contribution in [0.5, 0.6) is 0 Å². The molecule has 0 aliphatic heterocycles. The average molecular weight is 276 g/mol. The minimum absolute atomic E-state index is 0.137. The molecule has 1 rings (SSSR count). The third kappa shape index (κ3) is 5.28. The van der Waals surface area contributed by atoms with Gasteiger partial charge in [-0.1, -0.05) is 51.0 Å². The number of hydrogen-bond acceptors (Lipinski definition) is 1. The first-order valence-corrected chi connectivity index (χ1v) is 8.16. The van der Waals surface area contributed by atoms with Crippen molar-refractivity contribution in [2.45, 2.75) is 66.7 Å². The number of rotatable bonds is 6. The summed E-state index contributed by atoms with van der Waals surface area (Å²) in [7, 11) is 0. The lowest BCUT2D eigenvalue weighted by Crippen LogP contribution is -2.09. The molecule has 0 aromatic heterocycles. The standard InChI is InChI=1S/C19H32O/c1-14(2)9-10-19-17(13-16(5)11-12-20)7-6-8-18(19)15(3)4/h11,13-15,20H,6-10,12H2,1-5H3/b16-11+,17-13+. The molecule has 0 saturated heterocycles. The molecule has 1 aliphatic rings. The van der Waals surface area contributed by atoms with Crippen molar-refractivity contribution in [2.24, 2.45) is 11.8 Å². The maximum Gasteiger partial charge on any atom is 0.0617 e. The second-order valence-electron chi connectivity index (χ2n) is 6.74. The molecule has 1 nitrogen and oxygen atoms in total. The molecule has 20 heavy (non-hydrogen) atoms. The maximum absolute atomic E-state index is 9.03. The number of aliphatic hydroxyl groups excluding tert-OH is 1. The summed E-state index contributed by atoms with van der Waals surface area (Å²) < 4.78 is 0. The Morgan fingerprint density at radius 2 is 1.90 bits per heavy atom. The highest BCUT2D eigenvalue weighted by Crippen LogP contribution is 2.37. The minimum atomic E-state index is 0.137. The average Bonchev–Trinajstić information content (AvgIpc) is 2.36. The van der Waals surface area contributed by atoms with E-state index >= 15 is 0 Å². The van der Waals surface area contributed by atoms with Crippen LogP contribution in [-0.2, 0) is 0 Å². The first-order chi connectivity index (χ1) is 9.45. The molecule has 0 atom stereocenters. The fraction of sp³-hybridized carbons (Fsp3) is 0.684. The summed E-state index contributed by atoms with van der Waals surface area (Å²) >= 11 is 0. The highest BCUT2D eigenvalue weighted by molar-refractivity contribution is 5.42. The van der Waals surface area contributed by atoms with Crippen molar-refractivity contribution in [3.8, 4) is 0 Å². The molecule has 0 aromatic carbocycles. The van der Waals surface area contributed by atoms with Gasteiger partial charge in [-0.15, -0.1) is 0 Å². The summed E-state index contributed by atoms with van der Waals surface area (Å²) in [6.45, 7) is 11.5. The Labute approximate surface area is 125 Å². The van der Waals surface area contributed by atoms with Crippen molar-refractivity contribution < 1.29 is 5.11 Å². The molecule has 0 aromatic rings. The van der Waals surface area contributed by atoms with Gasteiger partial charge in [-0.3, -0.25) is 0 Å². The zero-order chi connectivity index (χ0) is 15.1. The predicted octanol–water partition coefficient (Wildman–Crippen LogP) is 5.42. The summed E-state index contributed by atoms with van der Waals surface area (Å²) in [6.07, 6.45) is 10.4. The lowest BCUT2D eigenvalue weighted by atomic mass is 9.79. The molecular formula is C19H32O. The fourth-order valence-corrected chi connectivity index (χ4v) is 3.01. The van der Waals surface area contributed by atoms with Crippen LogP contribution in [-0.4, -0.2) is 11.7 Å². The second kappa shape index (κ2) is 8.46. The van der Waals surface area contributed by atoms with E-state index in [1.54, 1.807) is 11.1 Å². The van der Waals surface area contributed by atoms with Gasteiger partial charge in [0.2, 0.25) is 0 Å². The first kappa shape index (κ1) is 17.2. The Hall–Kier alpha value is -0.820. The topological polar surface area (TPSA) is 20.2 Å². The molecule has 0 fully saturated rings. The van der Waals surface area contributed by atoms with Crippen molar-refractivity contribution >= 4 is 0 Å². The van der Waals surface area contributed by atoms with Crippen LogP contribution in [0.3, 0.4) is 0 Å². The van der Waals surface area contributed by atoms with Crippen LogP contribution in [0.4, 0.5) is 0 Å². The largest absolute Gasteiger partial charge is 0.392 e. The highest BCUT2D eigenvalue weighted by atomic mass is 16.2. The normalized spacial score (nSPS) is 19.6. The quantitative estimate of drug-likeness (QED) is 0.686. The summed E-state index contributed by atoms with van der Waals surface area (Å²) in [5.74, 6) is 1.41. The number of aliphatic hydroxyl groups is 1. The van der Waals surface area contributed by atoms with Crippen LogP contribution in [0.15, 0.2) is 34.4 Å². The summed E-state index contributed by atoms with van der Waals surface area (Å²) in [5, 5.41) is 9.03. The van der Waals surface area contributed by atoms with Crippen molar-refractivity contribution in [3.63, 3.8) is 0 Å². The Morgan fingerprint density at radius 1 is 1.20 bits per heavy atom. The van der Waals surface area contributed by atoms with Crippen LogP contribution < -0.4 is 0 Å². The van der Waals surface area contributed by atoms with Gasteiger partial charge < -0.3 is 5.11 Å². The lowest BCUT2D eigenvalue weighted by Gasteiger charge is -2.27. The van der Waals surface area contributed by atoms with Crippen LogP contribution in [0.25, 0.3) is 0 Å². The summed E-state index contributed by atoms with van der Waals surface area (Å²) in [4.78, 5) is 0. The van der Waals surface area contributed by atoms with Crippen LogP contribution >= 0.6 is 0 Å². The zero-order valence-corrected chi connectivity index (χ0v) is 14.0. The third-order valence-corrected chi connectivity index (χ3v) is 4.15. The van der Waals surface area contributed by atoms with Crippen LogP contribution in [0, 0.1) is 11.8 Å². The lowest BCUT2D eigenvalue weighted by molar-refractivity contribution is 0.342. The molecule has 1 N–H and O–H groups in total. The Bertz CT molecular complexity index is 394. The molecule has 0 bridgehead atoms. The molecule has 1 aliphatic carbocycles. The predicted molar refractivity (Wildman–Crippen MR) is 88.7 cm³/mol. The number of allylic oxidation sites excluding steroid dienone is 5. The third-order valence-electron chi connectivity index (χ3n) is 4.15. The Kier molecular flexibility index (Phi) is 7.29.